The van der Waals surface area contributed by atoms with Gasteiger partial charge in [0, 0.05) is 0 Å². The predicted molar refractivity (Wildman–Crippen MR) is 31.2 cm³/mol. The molecule has 1 fully saturated rings. The topological polar surface area (TPSA) is 35.8 Å². The fraction of sp³-hybridized carbons (Fsp3) is 0.833. The van der Waals surface area contributed by atoms with Crippen LogP contribution < -0.4 is 5.32 Å². The number of piperidine rings is 1. The Labute approximate surface area is 53.7 Å². The molecular weight excluding hydrogens is 119 g/mol. The van der Waals surface area contributed by atoms with Crippen molar-refractivity contribution in [3.05, 3.63) is 0 Å². The zero-order valence-corrected chi connectivity index (χ0v) is 5.10. The highest BCUT2D eigenvalue weighted by Crippen LogP contribution is 2.15. The minimum atomic E-state index is -1.09. The normalized spacial score (nSPS) is 35.6. The monoisotopic (exact) mass is 128 g/mol. The molecule has 0 bridgehead atoms. The fourth-order valence-electron chi connectivity index (χ4n) is 0.981. The van der Waals surface area contributed by atoms with Crippen molar-refractivity contribution in [2.24, 2.45) is 5.92 Å². The van der Waals surface area contributed by atoms with E-state index in [2.05, 4.69) is 5.32 Å². The van der Waals surface area contributed by atoms with Crippen molar-refractivity contribution in [1.82, 2.24) is 5.32 Å². The Morgan fingerprint density at radius 2 is 2.44 bits per heavy atom. The van der Waals surface area contributed by atoms with Crippen LogP contribution in [0.2, 0.25) is 0 Å². The van der Waals surface area contributed by atoms with Crippen molar-refractivity contribution in [1.29, 1.82) is 5.26 Å². The molecule has 0 aromatic carbocycles. The van der Waals surface area contributed by atoms with Gasteiger partial charge in [0.2, 0.25) is 0 Å². The van der Waals surface area contributed by atoms with Crippen LogP contribution in [0, 0.1) is 17.2 Å². The number of halogens is 1. The number of hydrogen-bond donors (Lipinski definition) is 1. The van der Waals surface area contributed by atoms with Gasteiger partial charge < -0.3 is 0 Å². The summed E-state index contributed by atoms with van der Waals surface area (Å²) in [6.07, 6.45) is 0.521. The number of hydrogen-bond acceptors (Lipinski definition) is 2. The molecule has 0 saturated carbocycles. The van der Waals surface area contributed by atoms with Gasteiger partial charge in [-0.05, 0) is 19.4 Å². The third-order valence-corrected chi connectivity index (χ3v) is 1.55. The van der Waals surface area contributed by atoms with Crippen molar-refractivity contribution in [3.63, 3.8) is 0 Å². The Bertz CT molecular complexity index is 130. The first-order valence-electron chi connectivity index (χ1n) is 3.11. The van der Waals surface area contributed by atoms with Gasteiger partial charge in [0.1, 0.15) is 0 Å². The average Bonchev–Trinajstić information content (AvgIpc) is 1.89. The summed E-state index contributed by atoms with van der Waals surface area (Å²) in [7, 11) is 0. The van der Waals surface area contributed by atoms with Crippen LogP contribution in [0.5, 0.6) is 0 Å². The molecule has 2 atom stereocenters. The number of nitriles is 1. The van der Waals surface area contributed by atoms with Crippen LogP contribution in [-0.2, 0) is 0 Å². The first-order chi connectivity index (χ1) is 4.34. The minimum absolute atomic E-state index is 0.418. The zero-order valence-electron chi connectivity index (χ0n) is 5.10. The molecule has 9 heavy (non-hydrogen) atoms. The molecule has 3 heteroatoms. The average molecular weight is 128 g/mol. The van der Waals surface area contributed by atoms with Crippen LogP contribution in [0.15, 0.2) is 0 Å². The van der Waals surface area contributed by atoms with Crippen LogP contribution in [-0.4, -0.2) is 12.8 Å². The summed E-state index contributed by atoms with van der Waals surface area (Å²) < 4.78 is 12.5. The maximum Gasteiger partial charge on any atom is 0.167 e. The Morgan fingerprint density at radius 3 is 2.89 bits per heavy atom. The third-order valence-electron chi connectivity index (χ3n) is 1.55. The smallest absolute Gasteiger partial charge is 0.167 e. The maximum absolute atomic E-state index is 12.5. The van der Waals surface area contributed by atoms with Gasteiger partial charge in [-0.1, -0.05) is 0 Å². The van der Waals surface area contributed by atoms with Crippen LogP contribution in [0.3, 0.4) is 0 Å². The molecule has 0 radical (unpaired) electrons. The van der Waals surface area contributed by atoms with E-state index >= 15 is 0 Å². The molecular formula is C6H9FN2. The van der Waals surface area contributed by atoms with Gasteiger partial charge in [-0.25, -0.2) is 4.39 Å². The third kappa shape index (κ3) is 1.39. The van der Waals surface area contributed by atoms with Gasteiger partial charge in [-0.3, -0.25) is 5.32 Å². The van der Waals surface area contributed by atoms with Gasteiger partial charge in [0.15, 0.2) is 6.30 Å². The van der Waals surface area contributed by atoms with Gasteiger partial charge in [-0.15, -0.1) is 0 Å². The van der Waals surface area contributed by atoms with E-state index < -0.39 is 12.2 Å². The summed E-state index contributed by atoms with van der Waals surface area (Å²) in [5, 5.41) is 10.9. The lowest BCUT2D eigenvalue weighted by atomic mass is 10.0. The van der Waals surface area contributed by atoms with Crippen LogP contribution in [0.1, 0.15) is 12.8 Å². The Balaban J connectivity index is 2.41. The molecule has 0 aromatic heterocycles. The van der Waals surface area contributed by atoms with Crippen molar-refractivity contribution < 1.29 is 4.39 Å². The lowest BCUT2D eigenvalue weighted by Gasteiger charge is -2.20. The summed E-state index contributed by atoms with van der Waals surface area (Å²) in [5.41, 5.74) is 0. The van der Waals surface area contributed by atoms with Crippen molar-refractivity contribution >= 4 is 0 Å². The first kappa shape index (κ1) is 6.50. The summed E-state index contributed by atoms with van der Waals surface area (Å²) in [6, 6.07) is 1.92. The largest absolute Gasteiger partial charge is 0.287 e. The fourth-order valence-corrected chi connectivity index (χ4v) is 0.981. The van der Waals surface area contributed by atoms with Crippen LogP contribution in [0.25, 0.3) is 0 Å². The number of nitrogens with one attached hydrogen (secondary N) is 1. The van der Waals surface area contributed by atoms with Crippen LogP contribution in [0.4, 0.5) is 4.39 Å². The Hall–Kier alpha value is -0.620. The second kappa shape index (κ2) is 2.79. The molecule has 50 valence electrons. The molecule has 1 heterocycles. The van der Waals surface area contributed by atoms with Gasteiger partial charge >= 0.3 is 0 Å². The van der Waals surface area contributed by atoms with Crippen molar-refractivity contribution in [2.45, 2.75) is 19.1 Å². The Morgan fingerprint density at radius 1 is 1.67 bits per heavy atom. The molecule has 2 nitrogen and oxygen atoms in total. The molecule has 1 rings (SSSR count). The lowest BCUT2D eigenvalue weighted by molar-refractivity contribution is 0.178. The highest BCUT2D eigenvalue weighted by atomic mass is 19.1. The van der Waals surface area contributed by atoms with E-state index in [1.54, 1.807) is 0 Å². The van der Waals surface area contributed by atoms with Gasteiger partial charge in [0.25, 0.3) is 0 Å². The summed E-state index contributed by atoms with van der Waals surface area (Å²) in [5.74, 6) is -0.418. The standard InChI is InChI=1S/C6H9FN2/c7-6-5(4-8)2-1-3-9-6/h5-6,9H,1-3H2. The quantitative estimate of drug-likeness (QED) is 0.490. The number of rotatable bonds is 0. The highest BCUT2D eigenvalue weighted by molar-refractivity contribution is 4.89. The Kier molecular flexibility index (Phi) is 2.01. The second-order valence-electron chi connectivity index (χ2n) is 2.23. The molecule has 0 amide bonds. The molecule has 0 aliphatic carbocycles. The van der Waals surface area contributed by atoms with Gasteiger partial charge in [-0.2, -0.15) is 5.26 Å². The van der Waals surface area contributed by atoms with Gasteiger partial charge in [0.05, 0.1) is 12.0 Å². The SMILES string of the molecule is N#CC1CCCNC1F. The predicted octanol–water partition coefficient (Wildman–Crippen LogP) is 0.805. The summed E-state index contributed by atoms with van der Waals surface area (Å²) >= 11 is 0. The molecule has 1 aliphatic heterocycles. The minimum Gasteiger partial charge on any atom is -0.287 e. The van der Waals surface area contributed by atoms with Crippen molar-refractivity contribution in [2.75, 3.05) is 6.54 Å². The second-order valence-corrected chi connectivity index (χ2v) is 2.23. The lowest BCUT2D eigenvalue weighted by Crippen LogP contribution is -2.37. The van der Waals surface area contributed by atoms with E-state index in [9.17, 15) is 4.39 Å². The maximum atomic E-state index is 12.5. The number of nitrogens with zero attached hydrogens (tertiary/aromatic N) is 1. The summed E-state index contributed by atoms with van der Waals surface area (Å²) in [6.45, 7) is 0.708. The van der Waals surface area contributed by atoms with E-state index in [1.165, 1.54) is 0 Å². The van der Waals surface area contributed by atoms with E-state index in [1.807, 2.05) is 6.07 Å². The molecule has 0 aromatic rings. The zero-order chi connectivity index (χ0) is 6.69. The van der Waals surface area contributed by atoms with Crippen LogP contribution >= 0.6 is 0 Å². The van der Waals surface area contributed by atoms with E-state index in [-0.39, 0.29) is 0 Å². The van der Waals surface area contributed by atoms with E-state index in [4.69, 9.17) is 5.26 Å². The summed E-state index contributed by atoms with van der Waals surface area (Å²) in [4.78, 5) is 0. The molecule has 1 saturated heterocycles. The molecule has 1 N–H and O–H groups in total. The first-order valence-corrected chi connectivity index (χ1v) is 3.11. The van der Waals surface area contributed by atoms with E-state index in [0.29, 0.717) is 13.0 Å². The molecule has 1 aliphatic rings. The molecule has 2 unspecified atom stereocenters. The van der Waals surface area contributed by atoms with Crippen molar-refractivity contribution in [3.8, 4) is 6.07 Å². The van der Waals surface area contributed by atoms with E-state index in [0.717, 1.165) is 6.42 Å². The number of alkyl halides is 1. The molecule has 0 spiro atoms. The highest BCUT2D eigenvalue weighted by Gasteiger charge is 2.22.